The Morgan fingerprint density at radius 2 is 2.00 bits per heavy atom. The summed E-state index contributed by atoms with van der Waals surface area (Å²) in [6, 6.07) is 0. The van der Waals surface area contributed by atoms with Crippen LogP contribution < -0.4 is 0 Å². The number of carbonyl (C=O) groups excluding carboxylic acids is 1. The SMILES string of the molecule is O=C(Cl)C[O][In]1[CH2]CCC[CH2]1. The van der Waals surface area contributed by atoms with Crippen LogP contribution in [0.25, 0.3) is 0 Å². The van der Waals surface area contributed by atoms with Crippen molar-refractivity contribution in [2.24, 2.45) is 0 Å². The van der Waals surface area contributed by atoms with Gasteiger partial charge in [-0.15, -0.1) is 0 Å². The van der Waals surface area contributed by atoms with Gasteiger partial charge >= 0.3 is 80.6 Å². The average Bonchev–Trinajstić information content (AvgIpc) is 2.03. The van der Waals surface area contributed by atoms with Crippen LogP contribution in [0.3, 0.4) is 0 Å². The molecule has 1 aliphatic rings. The fraction of sp³-hybridized carbons (Fsp3) is 0.857. The summed E-state index contributed by atoms with van der Waals surface area (Å²) in [5.74, 6) is 0. The Morgan fingerprint density at radius 3 is 2.55 bits per heavy atom. The fourth-order valence-corrected chi connectivity index (χ4v) is 8.91. The van der Waals surface area contributed by atoms with Crippen molar-refractivity contribution in [3.8, 4) is 0 Å². The van der Waals surface area contributed by atoms with Crippen LogP contribution in [-0.2, 0) is 7.65 Å². The van der Waals surface area contributed by atoms with Crippen LogP contribution in [0.15, 0.2) is 0 Å². The molecule has 0 bridgehead atoms. The molecule has 0 atom stereocenters. The maximum absolute atomic E-state index is 10.4. The Balaban J connectivity index is 2.09. The first-order chi connectivity index (χ1) is 5.29. The monoisotopic (exact) mass is 278 g/mol. The second kappa shape index (κ2) is 5.44. The van der Waals surface area contributed by atoms with Crippen molar-refractivity contribution in [2.75, 3.05) is 6.61 Å². The number of hydrogen-bond acceptors (Lipinski definition) is 2. The fourth-order valence-electron chi connectivity index (χ4n) is 1.42. The molecule has 11 heavy (non-hydrogen) atoms. The molecule has 0 unspecified atom stereocenters. The van der Waals surface area contributed by atoms with E-state index in [1.54, 1.807) is 0 Å². The van der Waals surface area contributed by atoms with Crippen LogP contribution in [0.1, 0.15) is 19.3 Å². The van der Waals surface area contributed by atoms with Crippen LogP contribution in [0.4, 0.5) is 0 Å². The van der Waals surface area contributed by atoms with Gasteiger partial charge in [0.25, 0.3) is 0 Å². The second-order valence-corrected chi connectivity index (χ2v) is 11.1. The van der Waals surface area contributed by atoms with Crippen LogP contribution >= 0.6 is 11.6 Å². The molecule has 0 N–H and O–H groups in total. The molecule has 0 amide bonds. The Labute approximate surface area is 80.4 Å². The zero-order chi connectivity index (χ0) is 8.10. The Kier molecular flexibility index (Phi) is 4.88. The summed E-state index contributed by atoms with van der Waals surface area (Å²) in [4.78, 5) is 10.4. The van der Waals surface area contributed by atoms with Crippen molar-refractivity contribution in [3.05, 3.63) is 0 Å². The molecule has 0 aromatic carbocycles. The molecule has 0 aromatic heterocycles. The summed E-state index contributed by atoms with van der Waals surface area (Å²) >= 11 is 3.53. The third-order valence-electron chi connectivity index (χ3n) is 1.98. The summed E-state index contributed by atoms with van der Waals surface area (Å²) in [5, 5.41) is -0.340. The van der Waals surface area contributed by atoms with Gasteiger partial charge in [-0.2, -0.15) is 0 Å². The molecule has 62 valence electrons. The van der Waals surface area contributed by atoms with Gasteiger partial charge in [0.05, 0.1) is 0 Å². The van der Waals surface area contributed by atoms with Crippen molar-refractivity contribution < 1.29 is 7.65 Å². The average molecular weight is 278 g/mol. The number of rotatable bonds is 3. The molecule has 2 nitrogen and oxygen atoms in total. The Morgan fingerprint density at radius 1 is 1.36 bits per heavy atom. The van der Waals surface area contributed by atoms with Gasteiger partial charge in [0.15, 0.2) is 0 Å². The predicted molar refractivity (Wildman–Crippen MR) is 46.0 cm³/mol. The zero-order valence-corrected chi connectivity index (χ0v) is 10.6. The van der Waals surface area contributed by atoms with Crippen LogP contribution in [0.5, 0.6) is 0 Å². The Bertz CT molecular complexity index is 134. The minimum absolute atomic E-state index is 0.169. The van der Waals surface area contributed by atoms with Gasteiger partial charge in [-0.3, -0.25) is 0 Å². The molecule has 1 aliphatic heterocycles. The first-order valence-corrected chi connectivity index (χ1v) is 10.5. The molecular weight excluding hydrogens is 266 g/mol. The van der Waals surface area contributed by atoms with Crippen molar-refractivity contribution in [3.63, 3.8) is 0 Å². The molecular formula is C7H12ClInO2. The summed E-state index contributed by atoms with van der Waals surface area (Å²) in [6.45, 7) is 0.169. The van der Waals surface area contributed by atoms with Crippen LogP contribution in [0.2, 0.25) is 8.35 Å². The van der Waals surface area contributed by atoms with Gasteiger partial charge < -0.3 is 0 Å². The third kappa shape index (κ3) is 4.38. The quantitative estimate of drug-likeness (QED) is 0.738. The van der Waals surface area contributed by atoms with E-state index in [9.17, 15) is 4.79 Å². The van der Waals surface area contributed by atoms with Gasteiger partial charge in [-0.05, 0) is 0 Å². The van der Waals surface area contributed by atoms with E-state index < -0.39 is 21.9 Å². The van der Waals surface area contributed by atoms with Crippen molar-refractivity contribution in [1.82, 2.24) is 0 Å². The number of hydrogen-bond donors (Lipinski definition) is 0. The van der Waals surface area contributed by atoms with Gasteiger partial charge in [0.2, 0.25) is 0 Å². The molecule has 0 aliphatic carbocycles. The first kappa shape index (κ1) is 9.87. The first-order valence-electron chi connectivity index (χ1n) is 4.09. The van der Waals surface area contributed by atoms with E-state index in [0.717, 1.165) is 0 Å². The van der Waals surface area contributed by atoms with E-state index in [4.69, 9.17) is 14.5 Å². The van der Waals surface area contributed by atoms with Crippen molar-refractivity contribution in [1.29, 1.82) is 0 Å². The van der Waals surface area contributed by atoms with Gasteiger partial charge in [0, 0.05) is 0 Å². The summed E-state index contributed by atoms with van der Waals surface area (Å²) in [5.41, 5.74) is 0. The van der Waals surface area contributed by atoms with Crippen molar-refractivity contribution >= 4 is 38.7 Å². The zero-order valence-electron chi connectivity index (χ0n) is 6.51. The topological polar surface area (TPSA) is 26.3 Å². The second-order valence-electron chi connectivity index (χ2n) is 2.93. The van der Waals surface area contributed by atoms with E-state index in [2.05, 4.69) is 0 Å². The van der Waals surface area contributed by atoms with E-state index in [1.807, 2.05) is 0 Å². The number of halogens is 1. The summed E-state index contributed by atoms with van der Waals surface area (Å²) < 4.78 is 8.07. The number of carbonyl (C=O) groups is 1. The summed E-state index contributed by atoms with van der Waals surface area (Å²) in [6.07, 6.45) is 3.99. The molecule has 1 rings (SSSR count). The summed E-state index contributed by atoms with van der Waals surface area (Å²) in [7, 11) is 0. The van der Waals surface area contributed by atoms with Crippen LogP contribution in [-0.4, -0.2) is 33.7 Å². The minimum atomic E-state index is -1.64. The molecule has 1 saturated heterocycles. The molecule has 0 spiro atoms. The normalized spacial score (nSPS) is 18.5. The van der Waals surface area contributed by atoms with Gasteiger partial charge in [-0.25, -0.2) is 0 Å². The van der Waals surface area contributed by atoms with E-state index >= 15 is 0 Å². The molecule has 0 radical (unpaired) electrons. The molecule has 0 aromatic rings. The van der Waals surface area contributed by atoms with Gasteiger partial charge in [0.1, 0.15) is 0 Å². The standard InChI is InChI=1S/C5H10.C2H2ClO2.In/c1-3-5-4-2;3-2(5)1-4;/h1-5H2;1H2;/q;-1;+1. The Hall–Kier alpha value is 0.790. The molecule has 4 heteroatoms. The van der Waals surface area contributed by atoms with Crippen molar-refractivity contribution in [2.45, 2.75) is 27.6 Å². The van der Waals surface area contributed by atoms with E-state index in [-0.39, 0.29) is 11.8 Å². The van der Waals surface area contributed by atoms with E-state index in [1.165, 1.54) is 27.6 Å². The van der Waals surface area contributed by atoms with Gasteiger partial charge in [-0.1, -0.05) is 0 Å². The predicted octanol–water partition coefficient (Wildman–Crippen LogP) is 1.94. The van der Waals surface area contributed by atoms with Crippen LogP contribution in [0, 0.1) is 0 Å². The molecule has 0 saturated carbocycles. The molecule has 1 heterocycles. The molecule has 1 fully saturated rings. The van der Waals surface area contributed by atoms with E-state index in [0.29, 0.717) is 0 Å². The third-order valence-corrected chi connectivity index (χ3v) is 9.92. The maximum atomic E-state index is 10.4.